The van der Waals surface area contributed by atoms with Gasteiger partial charge in [0.25, 0.3) is 0 Å². The molecule has 2 N–H and O–H groups in total. The molecule has 10 heteroatoms. The summed E-state index contributed by atoms with van der Waals surface area (Å²) in [7, 11) is 0. The molecular weight excluding hydrogens is 658 g/mol. The van der Waals surface area contributed by atoms with Crippen LogP contribution in [0.25, 0.3) is 0 Å². The van der Waals surface area contributed by atoms with Gasteiger partial charge in [0, 0.05) is 19.5 Å². The van der Waals surface area contributed by atoms with Gasteiger partial charge < -0.3 is 29.7 Å². The minimum Gasteiger partial charge on any atom is -0.463 e. The molecule has 0 aliphatic carbocycles. The molecule has 52 heavy (non-hydrogen) atoms. The second-order valence-electron chi connectivity index (χ2n) is 13.8. The minimum atomic E-state index is -1.28. The lowest BCUT2D eigenvalue weighted by Crippen LogP contribution is -2.59. The molecule has 3 aliphatic rings. The van der Waals surface area contributed by atoms with Crippen molar-refractivity contribution in [3.8, 4) is 0 Å². The monoisotopic (exact) mass is 705 g/mol. The van der Waals surface area contributed by atoms with Crippen LogP contribution < -0.4 is 5.32 Å². The van der Waals surface area contributed by atoms with Crippen molar-refractivity contribution in [2.45, 2.75) is 68.5 Å². The first-order valence-corrected chi connectivity index (χ1v) is 18.0. The van der Waals surface area contributed by atoms with E-state index in [-0.39, 0.29) is 44.5 Å². The van der Waals surface area contributed by atoms with Crippen molar-refractivity contribution in [3.05, 3.63) is 133 Å². The standard InChI is InChI=1S/C42H47N3O7/c1-3-5-21-35(47)51-28-33(31-19-13-8-14-20-31)43-39(48)36-34-22-23-42(52-34)37(36)40(49)45(32(27-46)25-29-15-9-6-10-16-29)38(42)41(50)44(24-4-2)26-30-17-11-7-12-18-30/h3-4,6-20,32-34,36-38,46H,1-2,5,21-28H2,(H,43,48)/t32-,33-,34-,36+,37+,38-,42+/m1/s1. The molecule has 7 atom stereocenters. The molecular formula is C42H47N3O7. The summed E-state index contributed by atoms with van der Waals surface area (Å²) in [6, 6.07) is 25.8. The van der Waals surface area contributed by atoms with Crippen LogP contribution in [0.2, 0.25) is 0 Å². The van der Waals surface area contributed by atoms with Gasteiger partial charge >= 0.3 is 5.97 Å². The Kier molecular flexibility index (Phi) is 11.7. The number of hydrogen-bond acceptors (Lipinski definition) is 7. The highest BCUT2D eigenvalue weighted by Gasteiger charge is 2.75. The highest BCUT2D eigenvalue weighted by Crippen LogP contribution is 2.59. The molecule has 10 nitrogen and oxygen atoms in total. The van der Waals surface area contributed by atoms with Crippen molar-refractivity contribution in [2.75, 3.05) is 19.8 Å². The van der Waals surface area contributed by atoms with E-state index in [1.54, 1.807) is 17.1 Å². The Labute approximate surface area is 305 Å². The van der Waals surface area contributed by atoms with Crippen molar-refractivity contribution in [2.24, 2.45) is 11.8 Å². The maximum Gasteiger partial charge on any atom is 0.306 e. The molecule has 3 saturated heterocycles. The third-order valence-corrected chi connectivity index (χ3v) is 10.6. The van der Waals surface area contributed by atoms with Crippen LogP contribution in [0, 0.1) is 11.8 Å². The van der Waals surface area contributed by atoms with Gasteiger partial charge in [0.05, 0.1) is 36.6 Å². The van der Waals surface area contributed by atoms with E-state index in [1.807, 2.05) is 91.0 Å². The largest absolute Gasteiger partial charge is 0.463 e. The number of rotatable bonds is 17. The van der Waals surface area contributed by atoms with Gasteiger partial charge in [-0.2, -0.15) is 0 Å². The van der Waals surface area contributed by atoms with Crippen LogP contribution in [0.3, 0.4) is 0 Å². The first kappa shape index (κ1) is 36.7. The van der Waals surface area contributed by atoms with E-state index in [1.165, 1.54) is 4.90 Å². The molecule has 3 aromatic carbocycles. The number of aliphatic hydroxyl groups excluding tert-OH is 1. The van der Waals surface area contributed by atoms with Crippen molar-refractivity contribution < 1.29 is 33.8 Å². The number of likely N-dealkylation sites (tertiary alicyclic amines) is 1. The zero-order valence-corrected chi connectivity index (χ0v) is 29.3. The smallest absolute Gasteiger partial charge is 0.306 e. The summed E-state index contributed by atoms with van der Waals surface area (Å²) in [6.07, 6.45) is 4.54. The molecule has 0 saturated carbocycles. The summed E-state index contributed by atoms with van der Waals surface area (Å²) in [6.45, 7) is 7.58. The first-order chi connectivity index (χ1) is 25.3. The Bertz CT molecular complexity index is 1740. The molecule has 3 aromatic rings. The van der Waals surface area contributed by atoms with E-state index in [4.69, 9.17) is 9.47 Å². The van der Waals surface area contributed by atoms with Crippen LogP contribution in [-0.2, 0) is 41.6 Å². The van der Waals surface area contributed by atoms with E-state index in [2.05, 4.69) is 18.5 Å². The van der Waals surface area contributed by atoms with Gasteiger partial charge in [-0.3, -0.25) is 19.2 Å². The number of fused-ring (bicyclic) bond motifs is 1. The van der Waals surface area contributed by atoms with Crippen LogP contribution in [0.5, 0.6) is 0 Å². The van der Waals surface area contributed by atoms with Gasteiger partial charge in [-0.1, -0.05) is 103 Å². The van der Waals surface area contributed by atoms with E-state index in [0.717, 1.165) is 16.7 Å². The zero-order valence-electron chi connectivity index (χ0n) is 29.3. The Morgan fingerprint density at radius 3 is 2.27 bits per heavy atom. The van der Waals surface area contributed by atoms with E-state index < -0.39 is 53.5 Å². The van der Waals surface area contributed by atoms with Crippen molar-refractivity contribution in [1.82, 2.24) is 15.1 Å². The van der Waals surface area contributed by atoms with Gasteiger partial charge in [0.1, 0.15) is 18.2 Å². The summed E-state index contributed by atoms with van der Waals surface area (Å²) in [5.41, 5.74) is 1.27. The molecule has 3 aliphatic heterocycles. The Morgan fingerprint density at radius 1 is 0.981 bits per heavy atom. The zero-order chi connectivity index (χ0) is 36.7. The lowest BCUT2D eigenvalue weighted by molar-refractivity contribution is -0.151. The van der Waals surface area contributed by atoms with Gasteiger partial charge in [0.2, 0.25) is 17.7 Å². The Balaban J connectivity index is 1.34. The summed E-state index contributed by atoms with van der Waals surface area (Å²) >= 11 is 0. The highest BCUT2D eigenvalue weighted by molar-refractivity contribution is 5.99. The molecule has 3 heterocycles. The SMILES string of the molecule is C=CCCC(=O)OC[C@@H](NC(=O)[C@@H]1[C@H]2C(=O)N([C@@H](CO)Cc3ccccc3)[C@H](C(=O)N(CC=C)Cc3ccccc3)[C@]23CC[C@H]1O3)c1ccccc1. The highest BCUT2D eigenvalue weighted by atomic mass is 16.5. The summed E-state index contributed by atoms with van der Waals surface area (Å²) in [5.74, 6) is -3.39. The average Bonchev–Trinajstić information content (AvgIpc) is 3.82. The normalized spacial score (nSPS) is 24.1. The van der Waals surface area contributed by atoms with Crippen molar-refractivity contribution in [1.29, 1.82) is 0 Å². The van der Waals surface area contributed by atoms with Crippen molar-refractivity contribution >= 4 is 23.7 Å². The summed E-state index contributed by atoms with van der Waals surface area (Å²) < 4.78 is 12.3. The van der Waals surface area contributed by atoms with E-state index >= 15 is 0 Å². The number of nitrogens with one attached hydrogen (secondary N) is 1. The molecule has 0 radical (unpaired) electrons. The van der Waals surface area contributed by atoms with Gasteiger partial charge in [-0.05, 0) is 42.4 Å². The first-order valence-electron chi connectivity index (χ1n) is 18.0. The maximum atomic E-state index is 14.9. The lowest BCUT2D eigenvalue weighted by atomic mass is 9.70. The number of carbonyl (C=O) groups excluding carboxylic acids is 4. The number of nitrogens with zero attached hydrogens (tertiary/aromatic N) is 2. The Hall–Kier alpha value is -5.06. The minimum absolute atomic E-state index is 0.0966. The number of amides is 3. The molecule has 0 unspecified atom stereocenters. The second-order valence-corrected chi connectivity index (χ2v) is 13.8. The molecule has 272 valence electrons. The number of hydrogen-bond donors (Lipinski definition) is 2. The second kappa shape index (κ2) is 16.5. The average molecular weight is 706 g/mol. The number of benzene rings is 3. The van der Waals surface area contributed by atoms with Gasteiger partial charge in [-0.15, -0.1) is 13.2 Å². The fourth-order valence-electron chi connectivity index (χ4n) is 8.21. The summed E-state index contributed by atoms with van der Waals surface area (Å²) in [5, 5.41) is 13.9. The molecule has 3 fully saturated rings. The number of ether oxygens (including phenoxy) is 2. The molecule has 3 amide bonds. The van der Waals surface area contributed by atoms with Crippen LogP contribution in [0.4, 0.5) is 0 Å². The number of allylic oxidation sites excluding steroid dienone is 1. The number of aliphatic hydroxyl groups is 1. The third-order valence-electron chi connectivity index (χ3n) is 10.6. The van der Waals surface area contributed by atoms with Gasteiger partial charge in [-0.25, -0.2) is 0 Å². The molecule has 6 rings (SSSR count). The molecule has 0 aromatic heterocycles. The Morgan fingerprint density at radius 2 is 1.63 bits per heavy atom. The third kappa shape index (κ3) is 7.45. The quantitative estimate of drug-likeness (QED) is 0.156. The van der Waals surface area contributed by atoms with Crippen LogP contribution in [0.1, 0.15) is 48.4 Å². The predicted octanol–water partition coefficient (Wildman–Crippen LogP) is 4.55. The topological polar surface area (TPSA) is 125 Å². The molecule has 2 bridgehead atoms. The predicted molar refractivity (Wildman–Crippen MR) is 195 cm³/mol. The fraction of sp³-hybridized carbons (Fsp3) is 0.381. The van der Waals surface area contributed by atoms with Crippen LogP contribution in [-0.4, -0.2) is 82.1 Å². The maximum absolute atomic E-state index is 14.9. The van der Waals surface area contributed by atoms with Gasteiger partial charge in [0.15, 0.2) is 0 Å². The fourth-order valence-corrected chi connectivity index (χ4v) is 8.21. The van der Waals surface area contributed by atoms with E-state index in [0.29, 0.717) is 25.7 Å². The number of carbonyl (C=O) groups is 4. The molecule has 1 spiro atoms. The summed E-state index contributed by atoms with van der Waals surface area (Å²) in [4.78, 5) is 59.9. The lowest BCUT2D eigenvalue weighted by Gasteiger charge is -2.39. The van der Waals surface area contributed by atoms with Crippen LogP contribution >= 0.6 is 0 Å². The van der Waals surface area contributed by atoms with E-state index in [9.17, 15) is 24.3 Å². The van der Waals surface area contributed by atoms with Crippen molar-refractivity contribution in [3.63, 3.8) is 0 Å². The van der Waals surface area contributed by atoms with Crippen LogP contribution in [0.15, 0.2) is 116 Å². The number of esters is 1.